The third-order valence-corrected chi connectivity index (χ3v) is 3.75. The fourth-order valence-corrected chi connectivity index (χ4v) is 2.76. The molecule has 0 spiro atoms. The molecule has 0 amide bonds. The molecule has 0 fully saturated rings. The Bertz CT molecular complexity index is 724. The Kier molecular flexibility index (Phi) is 3.57. The molecule has 19 heavy (non-hydrogen) atoms. The van der Waals surface area contributed by atoms with Gasteiger partial charge in [-0.2, -0.15) is 4.98 Å². The lowest BCUT2D eigenvalue weighted by atomic mass is 10.3. The Labute approximate surface area is 127 Å². The molecule has 0 saturated heterocycles. The SMILES string of the molecule is BrCc1c(Oc2cccc(Br)c2)nc2ccccn12. The van der Waals surface area contributed by atoms with Gasteiger partial charge in [-0.3, -0.25) is 4.40 Å². The minimum absolute atomic E-state index is 0.626. The summed E-state index contributed by atoms with van der Waals surface area (Å²) in [5, 5.41) is 0.682. The van der Waals surface area contributed by atoms with Crippen molar-refractivity contribution in [3.8, 4) is 11.6 Å². The number of hydrogen-bond acceptors (Lipinski definition) is 2. The van der Waals surface area contributed by atoms with Gasteiger partial charge in [0.15, 0.2) is 0 Å². The van der Waals surface area contributed by atoms with Crippen LogP contribution in [0.4, 0.5) is 0 Å². The first-order chi connectivity index (χ1) is 9.28. The third kappa shape index (κ3) is 2.53. The van der Waals surface area contributed by atoms with Gasteiger partial charge in [0, 0.05) is 16.0 Å². The number of alkyl halides is 1. The first-order valence-corrected chi connectivity index (χ1v) is 7.65. The van der Waals surface area contributed by atoms with Crippen LogP contribution in [0.2, 0.25) is 0 Å². The van der Waals surface area contributed by atoms with Gasteiger partial charge >= 0.3 is 0 Å². The first kappa shape index (κ1) is 12.7. The molecule has 0 atom stereocenters. The molecule has 3 aromatic rings. The number of halogens is 2. The zero-order chi connectivity index (χ0) is 13.2. The third-order valence-electron chi connectivity index (χ3n) is 2.73. The summed E-state index contributed by atoms with van der Waals surface area (Å²) in [5.74, 6) is 1.39. The molecule has 1 aromatic carbocycles. The van der Waals surface area contributed by atoms with Gasteiger partial charge in [-0.25, -0.2) is 0 Å². The Morgan fingerprint density at radius 1 is 1.16 bits per heavy atom. The maximum atomic E-state index is 5.87. The number of rotatable bonds is 3. The Morgan fingerprint density at radius 2 is 2.05 bits per heavy atom. The number of pyridine rings is 1. The van der Waals surface area contributed by atoms with E-state index in [0.29, 0.717) is 11.2 Å². The molecule has 96 valence electrons. The van der Waals surface area contributed by atoms with E-state index in [9.17, 15) is 0 Å². The molecule has 0 aliphatic rings. The molecule has 0 unspecified atom stereocenters. The summed E-state index contributed by atoms with van der Waals surface area (Å²) in [6.07, 6.45) is 1.98. The van der Waals surface area contributed by atoms with E-state index >= 15 is 0 Å². The molecule has 0 saturated carbocycles. The van der Waals surface area contributed by atoms with E-state index in [2.05, 4.69) is 36.8 Å². The van der Waals surface area contributed by atoms with Gasteiger partial charge in [0.05, 0.1) is 5.69 Å². The van der Waals surface area contributed by atoms with E-state index in [1.807, 2.05) is 53.1 Å². The fraction of sp³-hybridized carbons (Fsp3) is 0.0714. The molecule has 2 heterocycles. The number of aromatic nitrogens is 2. The van der Waals surface area contributed by atoms with Gasteiger partial charge in [-0.15, -0.1) is 0 Å². The van der Waals surface area contributed by atoms with E-state index in [1.54, 1.807) is 0 Å². The lowest BCUT2D eigenvalue weighted by molar-refractivity contribution is 0.461. The van der Waals surface area contributed by atoms with Gasteiger partial charge in [0.25, 0.3) is 0 Å². The molecule has 0 aliphatic carbocycles. The van der Waals surface area contributed by atoms with E-state index in [1.165, 1.54) is 0 Å². The minimum atomic E-state index is 0.626. The normalized spacial score (nSPS) is 10.8. The largest absolute Gasteiger partial charge is 0.437 e. The van der Waals surface area contributed by atoms with Crippen molar-refractivity contribution in [1.82, 2.24) is 9.38 Å². The summed E-state index contributed by atoms with van der Waals surface area (Å²) in [6, 6.07) is 13.6. The highest BCUT2D eigenvalue weighted by molar-refractivity contribution is 9.10. The summed E-state index contributed by atoms with van der Waals surface area (Å²) < 4.78 is 8.87. The summed E-state index contributed by atoms with van der Waals surface area (Å²) in [4.78, 5) is 4.50. The Morgan fingerprint density at radius 3 is 2.84 bits per heavy atom. The minimum Gasteiger partial charge on any atom is -0.437 e. The highest BCUT2D eigenvalue weighted by Crippen LogP contribution is 2.28. The van der Waals surface area contributed by atoms with Crippen LogP contribution < -0.4 is 4.74 Å². The van der Waals surface area contributed by atoms with E-state index in [-0.39, 0.29) is 0 Å². The van der Waals surface area contributed by atoms with Crippen molar-refractivity contribution in [2.75, 3.05) is 0 Å². The second kappa shape index (κ2) is 5.35. The van der Waals surface area contributed by atoms with Crippen molar-refractivity contribution in [2.24, 2.45) is 0 Å². The van der Waals surface area contributed by atoms with Gasteiger partial charge in [-0.05, 0) is 30.3 Å². The summed E-state index contributed by atoms with van der Waals surface area (Å²) in [7, 11) is 0. The van der Waals surface area contributed by atoms with Crippen LogP contribution in [0.25, 0.3) is 5.65 Å². The number of imidazole rings is 1. The maximum absolute atomic E-state index is 5.87. The molecule has 0 radical (unpaired) electrons. The standard InChI is InChI=1S/C14H10Br2N2O/c15-9-12-14(17-13-6-1-2-7-18(12)13)19-11-5-3-4-10(16)8-11/h1-8H,9H2. The highest BCUT2D eigenvalue weighted by atomic mass is 79.9. The van der Waals surface area contributed by atoms with Crippen LogP contribution in [-0.2, 0) is 5.33 Å². The second-order valence-corrected chi connectivity index (χ2v) is 5.46. The average Bonchev–Trinajstić information content (AvgIpc) is 2.75. The highest BCUT2D eigenvalue weighted by Gasteiger charge is 2.12. The van der Waals surface area contributed by atoms with Crippen molar-refractivity contribution in [3.63, 3.8) is 0 Å². The quantitative estimate of drug-likeness (QED) is 0.610. The van der Waals surface area contributed by atoms with E-state index < -0.39 is 0 Å². The Hall–Kier alpha value is -1.33. The maximum Gasteiger partial charge on any atom is 0.242 e. The number of fused-ring (bicyclic) bond motifs is 1. The monoisotopic (exact) mass is 380 g/mol. The molecule has 0 aliphatic heterocycles. The predicted octanol–water partition coefficient (Wildman–Crippen LogP) is 4.78. The van der Waals surface area contributed by atoms with E-state index in [4.69, 9.17) is 4.74 Å². The lowest BCUT2D eigenvalue weighted by Gasteiger charge is -2.04. The first-order valence-electron chi connectivity index (χ1n) is 5.73. The van der Waals surface area contributed by atoms with Gasteiger partial charge < -0.3 is 4.74 Å². The van der Waals surface area contributed by atoms with Crippen LogP contribution in [0, 0.1) is 0 Å². The zero-order valence-corrected chi connectivity index (χ0v) is 13.1. The number of benzene rings is 1. The number of nitrogens with zero attached hydrogens (tertiary/aromatic N) is 2. The van der Waals surface area contributed by atoms with Crippen molar-refractivity contribution in [2.45, 2.75) is 5.33 Å². The fourth-order valence-electron chi connectivity index (χ4n) is 1.87. The zero-order valence-electron chi connectivity index (χ0n) is 9.88. The molecule has 3 nitrogen and oxygen atoms in total. The average molecular weight is 382 g/mol. The smallest absolute Gasteiger partial charge is 0.242 e. The van der Waals surface area contributed by atoms with Gasteiger partial charge in [0.1, 0.15) is 11.4 Å². The lowest BCUT2D eigenvalue weighted by Crippen LogP contribution is -1.91. The molecular formula is C14H10Br2N2O. The van der Waals surface area contributed by atoms with Crippen molar-refractivity contribution in [1.29, 1.82) is 0 Å². The van der Waals surface area contributed by atoms with Crippen LogP contribution >= 0.6 is 31.9 Å². The molecule has 2 aromatic heterocycles. The van der Waals surface area contributed by atoms with Crippen LogP contribution in [0.3, 0.4) is 0 Å². The molecule has 5 heteroatoms. The molecule has 0 N–H and O–H groups in total. The van der Waals surface area contributed by atoms with E-state index in [0.717, 1.165) is 21.6 Å². The van der Waals surface area contributed by atoms with Crippen LogP contribution in [0.1, 0.15) is 5.69 Å². The molecular weight excluding hydrogens is 372 g/mol. The number of ether oxygens (including phenoxy) is 1. The van der Waals surface area contributed by atoms with Crippen LogP contribution in [-0.4, -0.2) is 9.38 Å². The topological polar surface area (TPSA) is 26.5 Å². The van der Waals surface area contributed by atoms with Gasteiger partial charge in [-0.1, -0.05) is 44.0 Å². The summed E-state index contributed by atoms with van der Waals surface area (Å²) >= 11 is 6.92. The second-order valence-electron chi connectivity index (χ2n) is 3.99. The van der Waals surface area contributed by atoms with Crippen molar-refractivity contribution in [3.05, 3.63) is 58.8 Å². The summed E-state index contributed by atoms with van der Waals surface area (Å²) in [5.41, 5.74) is 1.87. The Balaban J connectivity index is 2.05. The van der Waals surface area contributed by atoms with Crippen molar-refractivity contribution >= 4 is 37.5 Å². The van der Waals surface area contributed by atoms with Crippen LogP contribution in [0.15, 0.2) is 53.1 Å². The van der Waals surface area contributed by atoms with Gasteiger partial charge in [0.2, 0.25) is 5.88 Å². The predicted molar refractivity (Wildman–Crippen MR) is 82.0 cm³/mol. The molecule has 0 bridgehead atoms. The van der Waals surface area contributed by atoms with Crippen LogP contribution in [0.5, 0.6) is 11.6 Å². The van der Waals surface area contributed by atoms with Crippen molar-refractivity contribution < 1.29 is 4.74 Å². The number of hydrogen-bond donors (Lipinski definition) is 0. The summed E-state index contributed by atoms with van der Waals surface area (Å²) in [6.45, 7) is 0. The molecule has 3 rings (SSSR count).